The fraction of sp³-hybridized carbons (Fsp3) is 0.0870. The number of nitrogens with zero attached hydrogens (tertiary/aromatic N) is 3. The van der Waals surface area contributed by atoms with Crippen LogP contribution in [0.2, 0.25) is 5.02 Å². The largest absolute Gasteiger partial charge is 0.314 e. The van der Waals surface area contributed by atoms with E-state index in [1.165, 1.54) is 11.8 Å². The lowest BCUT2D eigenvalue weighted by Gasteiger charge is -2.09. The van der Waals surface area contributed by atoms with Crippen LogP contribution in [0.25, 0.3) is 11.0 Å². The third-order valence-corrected chi connectivity index (χ3v) is 5.64. The molecule has 0 unspecified atom stereocenters. The van der Waals surface area contributed by atoms with Gasteiger partial charge in [-0.25, -0.2) is 10.4 Å². The van der Waals surface area contributed by atoms with Crippen LogP contribution in [-0.4, -0.2) is 27.4 Å². The summed E-state index contributed by atoms with van der Waals surface area (Å²) < 4.78 is 2.11. The first-order chi connectivity index (χ1) is 14.7. The van der Waals surface area contributed by atoms with Crippen LogP contribution in [0.3, 0.4) is 0 Å². The number of para-hydroxylation sites is 2. The highest BCUT2D eigenvalue weighted by Gasteiger charge is 2.13. The molecule has 4 aromatic rings. The minimum Gasteiger partial charge on any atom is -0.314 e. The Morgan fingerprint density at radius 3 is 2.57 bits per heavy atom. The summed E-state index contributed by atoms with van der Waals surface area (Å²) in [5, 5.41) is 5.51. The second-order valence-corrected chi connectivity index (χ2v) is 7.97. The van der Waals surface area contributed by atoms with Crippen molar-refractivity contribution in [3.63, 3.8) is 0 Å². The fourth-order valence-corrected chi connectivity index (χ4v) is 3.90. The number of amides is 1. The molecule has 0 aliphatic carbocycles. The smallest absolute Gasteiger partial charge is 0.250 e. The molecule has 0 aliphatic heterocycles. The number of thioether (sulfide) groups is 1. The van der Waals surface area contributed by atoms with E-state index in [2.05, 4.69) is 15.1 Å². The molecule has 1 N–H and O–H groups in total. The van der Waals surface area contributed by atoms with Gasteiger partial charge in [0.1, 0.15) is 0 Å². The van der Waals surface area contributed by atoms with E-state index in [1.54, 1.807) is 6.21 Å². The summed E-state index contributed by atoms with van der Waals surface area (Å²) in [5.74, 6) is 0.0352. The van der Waals surface area contributed by atoms with Gasteiger partial charge in [-0.2, -0.15) is 5.10 Å². The summed E-state index contributed by atoms with van der Waals surface area (Å²) in [5.41, 5.74) is 6.53. The number of hydrogen-bond donors (Lipinski definition) is 1. The van der Waals surface area contributed by atoms with Crippen molar-refractivity contribution in [3.05, 3.63) is 95.0 Å². The highest BCUT2D eigenvalue weighted by molar-refractivity contribution is 7.99. The molecule has 1 amide bonds. The summed E-state index contributed by atoms with van der Waals surface area (Å²) >= 11 is 7.40. The van der Waals surface area contributed by atoms with E-state index in [9.17, 15) is 4.79 Å². The van der Waals surface area contributed by atoms with Gasteiger partial charge in [-0.3, -0.25) is 4.79 Å². The molecule has 1 aromatic heterocycles. The Morgan fingerprint density at radius 1 is 1.03 bits per heavy atom. The lowest BCUT2D eigenvalue weighted by atomic mass is 10.2. The number of halogens is 1. The van der Waals surface area contributed by atoms with Crippen molar-refractivity contribution in [3.8, 4) is 0 Å². The van der Waals surface area contributed by atoms with Gasteiger partial charge in [0.15, 0.2) is 5.16 Å². The molecule has 0 fully saturated rings. The van der Waals surface area contributed by atoms with Crippen molar-refractivity contribution < 1.29 is 4.79 Å². The molecular weight excluding hydrogens is 416 g/mol. The zero-order valence-electron chi connectivity index (χ0n) is 16.0. The normalized spacial score (nSPS) is 11.2. The SMILES string of the molecule is O=C(CSc1nc2ccccc2n1Cc1ccc(Cl)cc1)N/N=C/c1ccccc1. The topological polar surface area (TPSA) is 59.3 Å². The second-order valence-electron chi connectivity index (χ2n) is 6.59. The summed E-state index contributed by atoms with van der Waals surface area (Å²) in [6.45, 7) is 0.647. The Morgan fingerprint density at radius 2 is 1.77 bits per heavy atom. The number of rotatable bonds is 7. The first-order valence-electron chi connectivity index (χ1n) is 9.38. The monoisotopic (exact) mass is 434 g/mol. The highest BCUT2D eigenvalue weighted by Crippen LogP contribution is 2.25. The average molecular weight is 435 g/mol. The average Bonchev–Trinajstić information content (AvgIpc) is 3.12. The first kappa shape index (κ1) is 20.2. The summed E-state index contributed by atoms with van der Waals surface area (Å²) in [6.07, 6.45) is 1.62. The first-order valence-corrected chi connectivity index (χ1v) is 10.7. The maximum atomic E-state index is 12.2. The van der Waals surface area contributed by atoms with E-state index in [0.29, 0.717) is 11.6 Å². The van der Waals surface area contributed by atoms with Crippen LogP contribution in [0.1, 0.15) is 11.1 Å². The maximum absolute atomic E-state index is 12.2. The van der Waals surface area contributed by atoms with E-state index in [-0.39, 0.29) is 11.7 Å². The second kappa shape index (κ2) is 9.61. The van der Waals surface area contributed by atoms with Gasteiger partial charge < -0.3 is 4.57 Å². The van der Waals surface area contributed by atoms with Gasteiger partial charge in [0, 0.05) is 5.02 Å². The number of carbonyl (C=O) groups is 1. The highest BCUT2D eigenvalue weighted by atomic mass is 35.5. The Labute approximate surface area is 183 Å². The summed E-state index contributed by atoms with van der Waals surface area (Å²) in [7, 11) is 0. The molecule has 150 valence electrons. The third-order valence-electron chi connectivity index (χ3n) is 4.41. The number of aromatic nitrogens is 2. The van der Waals surface area contributed by atoms with Gasteiger partial charge >= 0.3 is 0 Å². The predicted octanol–water partition coefficient (Wildman–Crippen LogP) is 4.98. The fourth-order valence-electron chi connectivity index (χ4n) is 2.97. The Hall–Kier alpha value is -3.09. The third kappa shape index (κ3) is 5.09. The number of hydrogen-bond acceptors (Lipinski definition) is 4. The van der Waals surface area contributed by atoms with Crippen molar-refractivity contribution >= 4 is 46.5 Å². The number of fused-ring (bicyclic) bond motifs is 1. The van der Waals surface area contributed by atoms with Gasteiger partial charge in [-0.05, 0) is 35.4 Å². The number of benzene rings is 3. The Kier molecular flexibility index (Phi) is 6.47. The number of nitrogens with one attached hydrogen (secondary N) is 1. The molecule has 30 heavy (non-hydrogen) atoms. The molecule has 0 atom stereocenters. The van der Waals surface area contributed by atoms with Crippen molar-refractivity contribution in [1.29, 1.82) is 0 Å². The molecule has 0 radical (unpaired) electrons. The van der Waals surface area contributed by atoms with Crippen LogP contribution >= 0.6 is 23.4 Å². The molecule has 7 heteroatoms. The van der Waals surface area contributed by atoms with Gasteiger partial charge in [0.2, 0.25) is 0 Å². The van der Waals surface area contributed by atoms with Crippen LogP contribution in [0.4, 0.5) is 0 Å². The Bertz CT molecular complexity index is 1170. The van der Waals surface area contributed by atoms with E-state index in [4.69, 9.17) is 16.6 Å². The zero-order chi connectivity index (χ0) is 20.8. The van der Waals surface area contributed by atoms with Crippen molar-refractivity contribution in [1.82, 2.24) is 15.0 Å². The standard InChI is InChI=1S/C23H19ClN4OS/c24-19-12-10-18(11-13-19)15-28-21-9-5-4-8-20(21)26-23(28)30-16-22(29)27-25-14-17-6-2-1-3-7-17/h1-14H,15-16H2,(H,27,29)/b25-14+. The van der Waals surface area contributed by atoms with Crippen LogP contribution in [0, 0.1) is 0 Å². The minimum atomic E-state index is -0.183. The van der Waals surface area contributed by atoms with Crippen LogP contribution in [0.5, 0.6) is 0 Å². The molecule has 0 spiro atoms. The van der Waals surface area contributed by atoms with Crippen molar-refractivity contribution in [2.75, 3.05) is 5.75 Å². The van der Waals surface area contributed by atoms with E-state index in [0.717, 1.165) is 27.3 Å². The quantitative estimate of drug-likeness (QED) is 0.253. The maximum Gasteiger partial charge on any atom is 0.250 e. The van der Waals surface area contributed by atoms with Gasteiger partial charge in [-0.1, -0.05) is 78.0 Å². The molecular formula is C23H19ClN4OS. The molecule has 0 saturated heterocycles. The molecule has 0 bridgehead atoms. The van der Waals surface area contributed by atoms with Gasteiger partial charge in [0.25, 0.3) is 5.91 Å². The van der Waals surface area contributed by atoms with Gasteiger partial charge in [0.05, 0.1) is 29.5 Å². The summed E-state index contributed by atoms with van der Waals surface area (Å²) in [6, 6.07) is 25.3. The number of carbonyl (C=O) groups excluding carboxylic acids is 1. The van der Waals surface area contributed by atoms with Crippen molar-refractivity contribution in [2.24, 2.45) is 5.10 Å². The van der Waals surface area contributed by atoms with Crippen molar-refractivity contribution in [2.45, 2.75) is 11.7 Å². The van der Waals surface area contributed by atoms with Crippen LogP contribution in [-0.2, 0) is 11.3 Å². The molecule has 4 rings (SSSR count). The molecule has 0 saturated carbocycles. The predicted molar refractivity (Wildman–Crippen MR) is 123 cm³/mol. The lowest BCUT2D eigenvalue weighted by molar-refractivity contribution is -0.118. The number of imidazole rings is 1. The van der Waals surface area contributed by atoms with E-state index < -0.39 is 0 Å². The van der Waals surface area contributed by atoms with Crippen LogP contribution < -0.4 is 5.43 Å². The lowest BCUT2D eigenvalue weighted by Crippen LogP contribution is -2.20. The molecule has 0 aliphatic rings. The zero-order valence-corrected chi connectivity index (χ0v) is 17.6. The van der Waals surface area contributed by atoms with Crippen LogP contribution in [0.15, 0.2) is 89.1 Å². The summed E-state index contributed by atoms with van der Waals surface area (Å²) in [4.78, 5) is 16.9. The molecule has 3 aromatic carbocycles. The van der Waals surface area contributed by atoms with Gasteiger partial charge in [-0.15, -0.1) is 0 Å². The minimum absolute atomic E-state index is 0.183. The van der Waals surface area contributed by atoms with E-state index in [1.807, 2.05) is 78.9 Å². The molecule has 5 nitrogen and oxygen atoms in total. The number of hydrazone groups is 1. The Balaban J connectivity index is 1.46. The van der Waals surface area contributed by atoms with E-state index >= 15 is 0 Å². The molecule has 1 heterocycles.